The van der Waals surface area contributed by atoms with E-state index in [9.17, 15) is 0 Å². The molecule has 1 heterocycles. The molecule has 2 aromatic rings. The van der Waals surface area contributed by atoms with Crippen molar-refractivity contribution in [3.63, 3.8) is 0 Å². The van der Waals surface area contributed by atoms with E-state index in [2.05, 4.69) is 39.3 Å². The number of imidazole rings is 1. The number of aliphatic imine (C=N–C) groups is 1. The first-order valence-electron chi connectivity index (χ1n) is 7.24. The summed E-state index contributed by atoms with van der Waals surface area (Å²) in [6.45, 7) is 3.12. The summed E-state index contributed by atoms with van der Waals surface area (Å²) in [6, 6.07) is 8.20. The van der Waals surface area contributed by atoms with Crippen molar-refractivity contribution in [3.05, 3.63) is 36.8 Å². The van der Waals surface area contributed by atoms with E-state index < -0.39 is 0 Å². The number of nitrogens with zero attached hydrogens (tertiary/aromatic N) is 2. The molecular formula is C16H22N4. The first-order chi connectivity index (χ1) is 9.90. The summed E-state index contributed by atoms with van der Waals surface area (Å²) in [5, 5.41) is 3.19. The largest absolute Gasteiger partial charge is 0.347 e. The van der Waals surface area contributed by atoms with Gasteiger partial charge in [0.15, 0.2) is 0 Å². The summed E-state index contributed by atoms with van der Waals surface area (Å²) < 4.78 is 0. The first-order valence-corrected chi connectivity index (χ1v) is 7.24. The van der Waals surface area contributed by atoms with Gasteiger partial charge in [-0.2, -0.15) is 0 Å². The number of hydrogen-bond donors (Lipinski definition) is 2. The maximum atomic E-state index is 4.36. The molecule has 4 heteroatoms. The lowest BCUT2D eigenvalue weighted by Gasteiger charge is -2.02. The molecule has 0 saturated heterocycles. The number of hydrogen-bond acceptors (Lipinski definition) is 2. The lowest BCUT2D eigenvalue weighted by atomic mass is 10.1. The van der Waals surface area contributed by atoms with E-state index in [-0.39, 0.29) is 0 Å². The summed E-state index contributed by atoms with van der Waals surface area (Å²) in [6.07, 6.45) is 10.3. The number of aromatic amines is 1. The van der Waals surface area contributed by atoms with E-state index in [0.717, 1.165) is 23.5 Å². The molecule has 4 nitrogen and oxygen atoms in total. The zero-order chi connectivity index (χ0) is 14.0. The SMILES string of the molecule is CCCCCCN=CNc1ccc(-c2cnc[nH]2)cc1. The van der Waals surface area contributed by atoms with E-state index in [1.807, 2.05) is 18.3 Å². The van der Waals surface area contributed by atoms with Crippen LogP contribution in [0.3, 0.4) is 0 Å². The molecule has 0 aliphatic rings. The normalized spacial score (nSPS) is 11.1. The summed E-state index contributed by atoms with van der Waals surface area (Å²) in [5.74, 6) is 0. The van der Waals surface area contributed by atoms with Crippen LogP contribution in [0.25, 0.3) is 11.3 Å². The van der Waals surface area contributed by atoms with E-state index in [1.54, 1.807) is 12.7 Å². The van der Waals surface area contributed by atoms with Crippen LogP contribution >= 0.6 is 0 Å². The molecular weight excluding hydrogens is 248 g/mol. The van der Waals surface area contributed by atoms with Crippen LogP contribution in [-0.2, 0) is 0 Å². The second-order valence-corrected chi connectivity index (χ2v) is 4.78. The molecule has 0 unspecified atom stereocenters. The molecule has 0 fully saturated rings. The summed E-state index contributed by atoms with van der Waals surface area (Å²) in [5.41, 5.74) is 3.20. The molecule has 0 aliphatic carbocycles. The maximum absolute atomic E-state index is 4.36. The molecule has 0 radical (unpaired) electrons. The highest BCUT2D eigenvalue weighted by atomic mass is 14.9. The Balaban J connectivity index is 1.75. The van der Waals surface area contributed by atoms with Crippen molar-refractivity contribution >= 4 is 12.0 Å². The number of anilines is 1. The fourth-order valence-electron chi connectivity index (χ4n) is 1.97. The number of rotatable bonds is 8. The number of H-pyrrole nitrogens is 1. The van der Waals surface area contributed by atoms with Gasteiger partial charge in [0.2, 0.25) is 0 Å². The zero-order valence-corrected chi connectivity index (χ0v) is 12.0. The third kappa shape index (κ3) is 4.53. The molecule has 0 atom stereocenters. The van der Waals surface area contributed by atoms with E-state index in [0.29, 0.717) is 0 Å². The molecule has 0 amide bonds. The average molecular weight is 270 g/mol. The second kappa shape index (κ2) is 8.15. The molecule has 2 rings (SSSR count). The van der Waals surface area contributed by atoms with Crippen molar-refractivity contribution in [3.8, 4) is 11.3 Å². The Morgan fingerprint density at radius 2 is 2.05 bits per heavy atom. The van der Waals surface area contributed by atoms with Gasteiger partial charge < -0.3 is 10.3 Å². The quantitative estimate of drug-likeness (QED) is 0.431. The van der Waals surface area contributed by atoms with E-state index >= 15 is 0 Å². The van der Waals surface area contributed by atoms with Gasteiger partial charge in [-0.1, -0.05) is 38.3 Å². The average Bonchev–Trinajstić information content (AvgIpc) is 3.01. The van der Waals surface area contributed by atoms with Crippen molar-refractivity contribution in [2.24, 2.45) is 4.99 Å². The molecule has 2 N–H and O–H groups in total. The van der Waals surface area contributed by atoms with Crippen LogP contribution in [-0.4, -0.2) is 22.9 Å². The van der Waals surface area contributed by atoms with Crippen molar-refractivity contribution in [1.82, 2.24) is 9.97 Å². The Morgan fingerprint density at radius 3 is 2.75 bits per heavy atom. The fourth-order valence-corrected chi connectivity index (χ4v) is 1.97. The lowest BCUT2D eigenvalue weighted by Crippen LogP contribution is -1.95. The summed E-state index contributed by atoms with van der Waals surface area (Å²) >= 11 is 0. The standard InChI is InChI=1S/C16H22N4/c1-2-3-4-5-10-17-12-19-15-8-6-14(7-9-15)16-11-18-13-20-16/h6-9,11-13H,2-5,10H2,1H3,(H,17,19)(H,18,20). The van der Waals surface area contributed by atoms with E-state index in [1.165, 1.54) is 25.7 Å². The Bertz CT molecular complexity index is 500. The third-order valence-corrected chi connectivity index (χ3v) is 3.16. The number of benzene rings is 1. The highest BCUT2D eigenvalue weighted by molar-refractivity contribution is 5.76. The van der Waals surface area contributed by atoms with E-state index in [4.69, 9.17) is 0 Å². The van der Waals surface area contributed by atoms with Crippen LogP contribution in [0.5, 0.6) is 0 Å². The molecule has 1 aromatic carbocycles. The third-order valence-electron chi connectivity index (χ3n) is 3.16. The molecule has 0 spiro atoms. The minimum atomic E-state index is 0.902. The van der Waals surface area contributed by atoms with Crippen LogP contribution in [0.4, 0.5) is 5.69 Å². The highest BCUT2D eigenvalue weighted by Crippen LogP contribution is 2.18. The highest BCUT2D eigenvalue weighted by Gasteiger charge is 1.97. The van der Waals surface area contributed by atoms with Crippen LogP contribution < -0.4 is 5.32 Å². The number of unbranched alkanes of at least 4 members (excludes halogenated alkanes) is 3. The predicted octanol–water partition coefficient (Wildman–Crippen LogP) is 4.10. The first kappa shape index (κ1) is 14.3. The van der Waals surface area contributed by atoms with Crippen LogP contribution in [0.15, 0.2) is 41.8 Å². The Kier molecular flexibility index (Phi) is 5.83. The monoisotopic (exact) mass is 270 g/mol. The topological polar surface area (TPSA) is 53.1 Å². The molecule has 0 saturated carbocycles. The van der Waals surface area contributed by atoms with Crippen LogP contribution in [0, 0.1) is 0 Å². The minimum absolute atomic E-state index is 0.902. The van der Waals surface area contributed by atoms with Gasteiger partial charge in [-0.05, 0) is 24.1 Å². The molecule has 1 aromatic heterocycles. The molecule has 0 aliphatic heterocycles. The van der Waals surface area contributed by atoms with Gasteiger partial charge in [0.05, 0.1) is 24.6 Å². The summed E-state index contributed by atoms with van der Waals surface area (Å²) in [7, 11) is 0. The maximum Gasteiger partial charge on any atom is 0.0924 e. The van der Waals surface area contributed by atoms with Gasteiger partial charge in [0, 0.05) is 12.2 Å². The fraction of sp³-hybridized carbons (Fsp3) is 0.375. The van der Waals surface area contributed by atoms with Gasteiger partial charge in [0.1, 0.15) is 0 Å². The smallest absolute Gasteiger partial charge is 0.0924 e. The van der Waals surface area contributed by atoms with Gasteiger partial charge in [-0.15, -0.1) is 0 Å². The molecule has 106 valence electrons. The van der Waals surface area contributed by atoms with Crippen LogP contribution in [0.2, 0.25) is 0 Å². The minimum Gasteiger partial charge on any atom is -0.347 e. The van der Waals surface area contributed by atoms with Crippen molar-refractivity contribution in [1.29, 1.82) is 0 Å². The lowest BCUT2D eigenvalue weighted by molar-refractivity contribution is 0.676. The Morgan fingerprint density at radius 1 is 1.20 bits per heavy atom. The molecule has 20 heavy (non-hydrogen) atoms. The number of nitrogens with one attached hydrogen (secondary N) is 2. The van der Waals surface area contributed by atoms with Gasteiger partial charge in [-0.3, -0.25) is 4.99 Å². The zero-order valence-electron chi connectivity index (χ0n) is 12.0. The van der Waals surface area contributed by atoms with Crippen molar-refractivity contribution < 1.29 is 0 Å². The van der Waals surface area contributed by atoms with Crippen molar-refractivity contribution in [2.75, 3.05) is 11.9 Å². The van der Waals surface area contributed by atoms with Crippen molar-refractivity contribution in [2.45, 2.75) is 32.6 Å². The number of aromatic nitrogens is 2. The van der Waals surface area contributed by atoms with Gasteiger partial charge >= 0.3 is 0 Å². The van der Waals surface area contributed by atoms with Crippen LogP contribution in [0.1, 0.15) is 32.6 Å². The van der Waals surface area contributed by atoms with Gasteiger partial charge in [-0.25, -0.2) is 4.98 Å². The Labute approximate surface area is 120 Å². The molecule has 0 bridgehead atoms. The van der Waals surface area contributed by atoms with Gasteiger partial charge in [0.25, 0.3) is 0 Å². The predicted molar refractivity (Wildman–Crippen MR) is 85.1 cm³/mol. The Hall–Kier alpha value is -2.10. The second-order valence-electron chi connectivity index (χ2n) is 4.78. The summed E-state index contributed by atoms with van der Waals surface area (Å²) in [4.78, 5) is 11.5.